The highest BCUT2D eigenvalue weighted by Crippen LogP contribution is 2.47. The second-order valence-corrected chi connectivity index (χ2v) is 12.2. The van der Waals surface area contributed by atoms with Crippen LogP contribution < -0.4 is 15.3 Å². The molecule has 0 spiro atoms. The average molecular weight is 577 g/mol. The van der Waals surface area contributed by atoms with Crippen molar-refractivity contribution < 1.29 is 33.5 Å². The second-order valence-electron chi connectivity index (χ2n) is 9.06. The fraction of sp³-hybridized carbons (Fsp3) is 0.417. The Kier molecular flexibility index (Phi) is 8.53. The summed E-state index contributed by atoms with van der Waals surface area (Å²) in [5, 5.41) is 25.2. The number of ether oxygens (including phenoxy) is 2. The molecule has 6 atom stereocenters. The summed E-state index contributed by atoms with van der Waals surface area (Å²) in [6.07, 6.45) is 3.79. The molecule has 6 unspecified atom stereocenters. The van der Waals surface area contributed by atoms with Gasteiger partial charge in [0.25, 0.3) is 0 Å². The van der Waals surface area contributed by atoms with Gasteiger partial charge in [0.05, 0.1) is 19.0 Å². The summed E-state index contributed by atoms with van der Waals surface area (Å²) in [7, 11) is 0. The molecule has 1 aliphatic heterocycles. The van der Waals surface area contributed by atoms with Crippen LogP contribution in [0.15, 0.2) is 43.0 Å². The van der Waals surface area contributed by atoms with Crippen LogP contribution in [0.2, 0.25) is 0 Å². The van der Waals surface area contributed by atoms with Gasteiger partial charge in [0.1, 0.15) is 35.8 Å². The number of para-hydroxylation sites is 1. The lowest BCUT2D eigenvalue weighted by Crippen LogP contribution is -2.46. The van der Waals surface area contributed by atoms with E-state index in [9.17, 15) is 15.0 Å². The Bertz CT molecular complexity index is 1420. The number of esters is 1. The lowest BCUT2D eigenvalue weighted by Gasteiger charge is -2.28. The van der Waals surface area contributed by atoms with Gasteiger partial charge >= 0.3 is 12.6 Å². The molecule has 13 nitrogen and oxygen atoms in total. The number of nitrogen functional groups attached to an aromatic ring is 1. The largest absolute Gasteiger partial charge is 0.462 e. The number of anilines is 1. The van der Waals surface area contributed by atoms with Crippen molar-refractivity contribution in [3.05, 3.63) is 43.0 Å². The van der Waals surface area contributed by atoms with Crippen LogP contribution in [0.3, 0.4) is 0 Å². The highest BCUT2D eigenvalue weighted by Gasteiger charge is 2.56. The van der Waals surface area contributed by atoms with E-state index in [1.807, 2.05) is 0 Å². The van der Waals surface area contributed by atoms with E-state index in [1.54, 1.807) is 51.1 Å². The van der Waals surface area contributed by atoms with E-state index < -0.39 is 42.7 Å². The van der Waals surface area contributed by atoms with Crippen LogP contribution in [0.5, 0.6) is 5.75 Å². The molecule has 1 aliphatic rings. The van der Waals surface area contributed by atoms with Gasteiger partial charge in [-0.1, -0.05) is 24.1 Å². The minimum absolute atomic E-state index is 0.122. The molecule has 39 heavy (non-hydrogen) atoms. The van der Waals surface area contributed by atoms with Crippen LogP contribution in [0, 0.1) is 12.3 Å². The molecule has 1 fully saturated rings. The Hall–Kier alpha value is -3.15. The Labute approximate surface area is 229 Å². The van der Waals surface area contributed by atoms with Crippen LogP contribution in [0.25, 0.3) is 11.2 Å². The van der Waals surface area contributed by atoms with Crippen LogP contribution >= 0.6 is 6.64 Å². The molecule has 0 amide bonds. The summed E-state index contributed by atoms with van der Waals surface area (Å²) in [6.45, 7) is 1.22. The molecule has 5 N–H and O–H groups in total. The molecule has 1 aromatic carbocycles. The number of carbonyl (C=O) groups excluding carboxylic acids is 1. The maximum absolute atomic E-state index is 12.5. The van der Waals surface area contributed by atoms with E-state index in [0.29, 0.717) is 5.75 Å². The Morgan fingerprint density at radius 3 is 2.72 bits per heavy atom. The molecule has 15 heteroatoms. The first-order chi connectivity index (χ1) is 18.5. The fourth-order valence-electron chi connectivity index (χ4n) is 3.89. The molecule has 0 aliphatic carbocycles. The molecule has 0 radical (unpaired) electrons. The zero-order valence-electron chi connectivity index (χ0n) is 21.4. The summed E-state index contributed by atoms with van der Waals surface area (Å²) in [6, 6.07) is 7.77. The maximum Gasteiger partial charge on any atom is 0.323 e. The molecule has 3 heterocycles. The zero-order chi connectivity index (χ0) is 28.4. The summed E-state index contributed by atoms with van der Waals surface area (Å²) in [4.78, 5) is 24.7. The first-order valence-electron chi connectivity index (χ1n) is 11.9. The van der Waals surface area contributed by atoms with Crippen molar-refractivity contribution in [2.24, 2.45) is 0 Å². The second kappa shape index (κ2) is 11.5. The predicted octanol–water partition coefficient (Wildman–Crippen LogP) is 1.28. The normalized spacial score (nSPS) is 25.2. The summed E-state index contributed by atoms with van der Waals surface area (Å²) in [5.74, 6) is 2.18. The third-order valence-electron chi connectivity index (χ3n) is 5.79. The monoisotopic (exact) mass is 576 g/mol. The number of benzene rings is 1. The van der Waals surface area contributed by atoms with Gasteiger partial charge in [-0.3, -0.25) is 9.36 Å². The molecule has 1 saturated heterocycles. The Balaban J connectivity index is 1.57. The van der Waals surface area contributed by atoms with E-state index in [0.717, 1.165) is 0 Å². The Morgan fingerprint density at radius 1 is 1.33 bits per heavy atom. The standard InChI is InChI=1S/C24H29N6O7PS/c1-5-24(33)19(31)17(36-23(24)30-13-28-18-20(25)26-12-27-21(18)30)11-34-38(39,37-16-9-7-6-8-10-16)29-15(4)22(32)35-14(2)3/h1,6-10,12-15,17,19,23,31,33H,11H2,2-4H3,(H,29,39)(H2,25,26,27). The van der Waals surface area contributed by atoms with E-state index in [1.165, 1.54) is 17.2 Å². The number of nitrogens with one attached hydrogen (secondary N) is 1. The minimum Gasteiger partial charge on any atom is -0.462 e. The molecule has 4 rings (SSSR count). The number of fused-ring (bicyclic) bond motifs is 1. The van der Waals surface area contributed by atoms with Crippen LogP contribution in [0.4, 0.5) is 5.82 Å². The van der Waals surface area contributed by atoms with Gasteiger partial charge in [-0.15, -0.1) is 6.42 Å². The molecule has 2 aromatic heterocycles. The first kappa shape index (κ1) is 28.8. The van der Waals surface area contributed by atoms with Crippen molar-refractivity contribution in [1.29, 1.82) is 0 Å². The average Bonchev–Trinajstić information content (AvgIpc) is 3.43. The highest BCUT2D eigenvalue weighted by atomic mass is 32.5. The first-order valence-corrected chi connectivity index (χ1v) is 14.6. The van der Waals surface area contributed by atoms with Crippen molar-refractivity contribution in [2.45, 2.75) is 57.0 Å². The van der Waals surface area contributed by atoms with Crippen molar-refractivity contribution in [2.75, 3.05) is 12.3 Å². The maximum atomic E-state index is 12.5. The molecule has 0 bridgehead atoms. The molecular formula is C24H29N6O7PS. The number of aliphatic hydroxyl groups is 2. The number of rotatable bonds is 10. The molecule has 3 aromatic rings. The van der Waals surface area contributed by atoms with E-state index >= 15 is 0 Å². The van der Waals surface area contributed by atoms with Gasteiger partial charge in [-0.2, -0.15) is 0 Å². The number of carbonyl (C=O) groups is 1. The van der Waals surface area contributed by atoms with Crippen LogP contribution in [-0.4, -0.2) is 72.3 Å². The van der Waals surface area contributed by atoms with E-state index in [-0.39, 0.29) is 29.7 Å². The zero-order valence-corrected chi connectivity index (χ0v) is 23.1. The summed E-state index contributed by atoms with van der Waals surface area (Å²) < 4.78 is 24.5. The molecular weight excluding hydrogens is 547 g/mol. The lowest BCUT2D eigenvalue weighted by atomic mass is 9.95. The predicted molar refractivity (Wildman–Crippen MR) is 145 cm³/mol. The molecule has 208 valence electrons. The van der Waals surface area contributed by atoms with Gasteiger partial charge in [0, 0.05) is 0 Å². The number of hydrogen-bond donors (Lipinski definition) is 4. The quantitative estimate of drug-likeness (QED) is 0.154. The number of imidazole rings is 1. The summed E-state index contributed by atoms with van der Waals surface area (Å²) >= 11 is 5.70. The van der Waals surface area contributed by atoms with Crippen LogP contribution in [-0.2, 0) is 30.6 Å². The van der Waals surface area contributed by atoms with Crippen molar-refractivity contribution >= 4 is 41.4 Å². The van der Waals surface area contributed by atoms with Gasteiger partial charge in [-0.05, 0) is 44.7 Å². The smallest absolute Gasteiger partial charge is 0.323 e. The molecule has 0 saturated carbocycles. The van der Waals surface area contributed by atoms with Gasteiger partial charge in [0.2, 0.25) is 0 Å². The third kappa shape index (κ3) is 6.05. The Morgan fingerprint density at radius 2 is 2.05 bits per heavy atom. The minimum atomic E-state index is -3.45. The topological polar surface area (TPSA) is 176 Å². The highest BCUT2D eigenvalue weighted by molar-refractivity contribution is 8.09. The summed E-state index contributed by atoms with van der Waals surface area (Å²) in [5.41, 5.74) is 4.19. The number of aromatic nitrogens is 4. The fourth-order valence-corrected chi connectivity index (χ4v) is 6.30. The number of nitrogens with zero attached hydrogens (tertiary/aromatic N) is 4. The SMILES string of the molecule is C#CC1(O)C(O)C(COP(=S)(NC(C)C(=O)OC(C)C)Oc2ccccc2)OC1n1cnc2c(N)ncnc21. The van der Waals surface area contributed by atoms with Crippen LogP contribution in [0.1, 0.15) is 27.0 Å². The van der Waals surface area contributed by atoms with Gasteiger partial charge in [-0.25, -0.2) is 20.0 Å². The number of aliphatic hydroxyl groups excluding tert-OH is 1. The van der Waals surface area contributed by atoms with Crippen molar-refractivity contribution in [1.82, 2.24) is 24.6 Å². The number of hydrogen-bond acceptors (Lipinski definition) is 12. The van der Waals surface area contributed by atoms with Gasteiger partial charge in [0.15, 0.2) is 23.3 Å². The van der Waals surface area contributed by atoms with Crippen molar-refractivity contribution in [3.8, 4) is 18.1 Å². The lowest BCUT2D eigenvalue weighted by molar-refractivity contribution is -0.149. The van der Waals surface area contributed by atoms with E-state index in [4.69, 9.17) is 42.5 Å². The number of nitrogens with two attached hydrogens (primary N) is 1. The third-order valence-corrected chi connectivity index (χ3v) is 8.29. The van der Waals surface area contributed by atoms with E-state index in [2.05, 4.69) is 26.0 Å². The van der Waals surface area contributed by atoms with Gasteiger partial charge < -0.3 is 34.5 Å². The van der Waals surface area contributed by atoms with Crippen molar-refractivity contribution in [3.63, 3.8) is 0 Å². The number of terminal acetylenes is 1.